The normalized spacial score (nSPS) is 17.1. The Balaban J connectivity index is 1.85. The quantitative estimate of drug-likeness (QED) is 0.779. The molecule has 3 rings (SSSR count). The van der Waals surface area contributed by atoms with Gasteiger partial charge < -0.3 is 16.0 Å². The van der Waals surface area contributed by atoms with Gasteiger partial charge in [0.25, 0.3) is 0 Å². The average molecular weight is 349 g/mol. The molecule has 2 aromatic rings. The maximum atomic E-state index is 13.2. The first kappa shape index (κ1) is 16.9. The Morgan fingerprint density at radius 3 is 2.68 bits per heavy atom. The molecule has 3 heterocycles. The molecule has 0 aromatic carbocycles. The van der Waals surface area contributed by atoms with Gasteiger partial charge in [0.15, 0.2) is 0 Å². The van der Waals surface area contributed by atoms with E-state index in [4.69, 9.17) is 5.26 Å². The highest BCUT2D eigenvalue weighted by Gasteiger charge is 2.36. The molecule has 10 heteroatoms. The average Bonchev–Trinajstić information content (AvgIpc) is 3.08. The molecule has 3 N–H and O–H groups in total. The molecule has 1 atom stereocenters. The number of nitrogens with zero attached hydrogens (tertiary/aromatic N) is 4. The minimum Gasteiger partial charge on any atom is -0.365 e. The van der Waals surface area contributed by atoms with Gasteiger partial charge >= 0.3 is 6.18 Å². The van der Waals surface area contributed by atoms with Crippen LogP contribution in [0.3, 0.4) is 0 Å². The van der Waals surface area contributed by atoms with Gasteiger partial charge in [-0.15, -0.1) is 0 Å². The van der Waals surface area contributed by atoms with Gasteiger partial charge in [0.05, 0.1) is 11.9 Å². The minimum atomic E-state index is -4.55. The molecule has 0 saturated carbocycles. The van der Waals surface area contributed by atoms with Crippen molar-refractivity contribution in [2.45, 2.75) is 18.6 Å². The summed E-state index contributed by atoms with van der Waals surface area (Å²) in [4.78, 5) is 11.6. The Labute approximate surface area is 141 Å². The lowest BCUT2D eigenvalue weighted by Crippen LogP contribution is -2.25. The van der Waals surface area contributed by atoms with E-state index in [0.29, 0.717) is 18.7 Å². The molecule has 1 unspecified atom stereocenters. The van der Waals surface area contributed by atoms with Gasteiger partial charge in [-0.3, -0.25) is 0 Å². The molecule has 25 heavy (non-hydrogen) atoms. The van der Waals surface area contributed by atoms with Crippen molar-refractivity contribution in [1.29, 1.82) is 5.26 Å². The van der Waals surface area contributed by atoms with Crippen molar-refractivity contribution < 1.29 is 13.2 Å². The van der Waals surface area contributed by atoms with Crippen LogP contribution in [0.1, 0.15) is 17.7 Å². The van der Waals surface area contributed by atoms with Gasteiger partial charge in [-0.05, 0) is 25.1 Å². The van der Waals surface area contributed by atoms with E-state index in [9.17, 15) is 13.2 Å². The number of alkyl halides is 3. The second kappa shape index (κ2) is 6.90. The third-order valence-corrected chi connectivity index (χ3v) is 3.63. The fourth-order valence-corrected chi connectivity index (χ4v) is 2.39. The molecule has 0 spiro atoms. The maximum absolute atomic E-state index is 13.2. The van der Waals surface area contributed by atoms with E-state index in [1.165, 1.54) is 12.3 Å². The molecule has 0 radical (unpaired) electrons. The lowest BCUT2D eigenvalue weighted by atomic mass is 10.2. The maximum Gasteiger partial charge on any atom is 0.421 e. The summed E-state index contributed by atoms with van der Waals surface area (Å²) in [7, 11) is 0. The Morgan fingerprint density at radius 1 is 1.24 bits per heavy atom. The van der Waals surface area contributed by atoms with Gasteiger partial charge in [-0.25, -0.2) is 9.97 Å². The van der Waals surface area contributed by atoms with Crippen LogP contribution in [0.2, 0.25) is 0 Å². The summed E-state index contributed by atoms with van der Waals surface area (Å²) in [5.74, 6) is -0.256. The summed E-state index contributed by atoms with van der Waals surface area (Å²) < 4.78 is 39.5. The van der Waals surface area contributed by atoms with Crippen LogP contribution in [0.25, 0.3) is 0 Å². The molecule has 0 aliphatic carbocycles. The van der Waals surface area contributed by atoms with E-state index < -0.39 is 11.7 Å². The first-order valence-corrected chi connectivity index (χ1v) is 7.50. The number of anilines is 3. The van der Waals surface area contributed by atoms with Crippen LogP contribution < -0.4 is 16.0 Å². The molecular formula is C15H14F3N7. The molecule has 1 saturated heterocycles. The molecule has 0 amide bonds. The third-order valence-electron chi connectivity index (χ3n) is 3.63. The fourth-order valence-electron chi connectivity index (χ4n) is 2.39. The summed E-state index contributed by atoms with van der Waals surface area (Å²) >= 11 is 0. The summed E-state index contributed by atoms with van der Waals surface area (Å²) in [5.41, 5.74) is -0.217. The second-order valence-electron chi connectivity index (χ2n) is 5.46. The highest BCUT2D eigenvalue weighted by atomic mass is 19.4. The van der Waals surface area contributed by atoms with Crippen molar-refractivity contribution >= 4 is 17.5 Å². The van der Waals surface area contributed by atoms with Crippen LogP contribution in [-0.2, 0) is 6.18 Å². The van der Waals surface area contributed by atoms with E-state index in [1.807, 2.05) is 6.07 Å². The van der Waals surface area contributed by atoms with Crippen molar-refractivity contribution in [2.24, 2.45) is 0 Å². The molecule has 1 aliphatic heterocycles. The smallest absolute Gasteiger partial charge is 0.365 e. The number of aromatic nitrogens is 3. The molecular weight excluding hydrogens is 335 g/mol. The van der Waals surface area contributed by atoms with E-state index in [-0.39, 0.29) is 23.5 Å². The van der Waals surface area contributed by atoms with Crippen molar-refractivity contribution in [1.82, 2.24) is 20.3 Å². The topological polar surface area (TPSA) is 98.5 Å². The van der Waals surface area contributed by atoms with Crippen LogP contribution in [0, 0.1) is 11.3 Å². The van der Waals surface area contributed by atoms with E-state index in [1.54, 1.807) is 6.07 Å². The number of hydrogen-bond donors (Lipinski definition) is 3. The number of halogens is 3. The lowest BCUT2D eigenvalue weighted by molar-refractivity contribution is -0.137. The summed E-state index contributed by atoms with van der Waals surface area (Å²) in [6.45, 7) is 1.32. The van der Waals surface area contributed by atoms with Gasteiger partial charge in [0.1, 0.15) is 23.1 Å². The second-order valence-corrected chi connectivity index (χ2v) is 5.46. The number of nitriles is 1. The van der Waals surface area contributed by atoms with E-state index in [2.05, 4.69) is 30.9 Å². The zero-order chi connectivity index (χ0) is 17.9. The number of hydrogen-bond acceptors (Lipinski definition) is 7. The van der Waals surface area contributed by atoms with Gasteiger partial charge in [0, 0.05) is 18.8 Å². The SMILES string of the molecule is N#Cc1ccc(Nc2ncc(C(F)(F)F)c(NC3CCNC3)n2)cn1. The first-order chi connectivity index (χ1) is 12.0. The van der Waals surface area contributed by atoms with Crippen molar-refractivity contribution in [3.8, 4) is 6.07 Å². The third kappa shape index (κ3) is 4.13. The van der Waals surface area contributed by atoms with Crippen LogP contribution in [-0.4, -0.2) is 34.1 Å². The number of rotatable bonds is 4. The van der Waals surface area contributed by atoms with Crippen molar-refractivity contribution in [3.05, 3.63) is 35.8 Å². The van der Waals surface area contributed by atoms with Crippen LogP contribution in [0.5, 0.6) is 0 Å². The number of pyridine rings is 1. The Morgan fingerprint density at radius 2 is 2.08 bits per heavy atom. The summed E-state index contributed by atoms with van der Waals surface area (Å²) in [6, 6.07) is 4.81. The van der Waals surface area contributed by atoms with Crippen molar-refractivity contribution in [2.75, 3.05) is 23.7 Å². The Kier molecular flexibility index (Phi) is 4.67. The van der Waals surface area contributed by atoms with Crippen LogP contribution >= 0.6 is 0 Å². The van der Waals surface area contributed by atoms with Crippen LogP contribution in [0.4, 0.5) is 30.6 Å². The molecule has 0 bridgehead atoms. The molecule has 1 aliphatic rings. The largest absolute Gasteiger partial charge is 0.421 e. The van der Waals surface area contributed by atoms with Gasteiger partial charge in [-0.2, -0.15) is 23.4 Å². The highest BCUT2D eigenvalue weighted by molar-refractivity contribution is 5.56. The monoisotopic (exact) mass is 349 g/mol. The van der Waals surface area contributed by atoms with Crippen molar-refractivity contribution in [3.63, 3.8) is 0 Å². The van der Waals surface area contributed by atoms with Gasteiger partial charge in [-0.1, -0.05) is 0 Å². The Bertz CT molecular complexity index is 777. The summed E-state index contributed by atoms with van der Waals surface area (Å²) in [6.07, 6.45) is -1.71. The lowest BCUT2D eigenvalue weighted by Gasteiger charge is -2.18. The molecule has 130 valence electrons. The predicted molar refractivity (Wildman–Crippen MR) is 84.2 cm³/mol. The van der Waals surface area contributed by atoms with Gasteiger partial charge in [0.2, 0.25) is 5.95 Å². The molecule has 2 aromatic heterocycles. The van der Waals surface area contributed by atoms with E-state index in [0.717, 1.165) is 12.7 Å². The Hall–Kier alpha value is -2.93. The zero-order valence-electron chi connectivity index (χ0n) is 12.9. The first-order valence-electron chi connectivity index (χ1n) is 7.50. The van der Waals surface area contributed by atoms with E-state index >= 15 is 0 Å². The van der Waals surface area contributed by atoms with Crippen LogP contribution in [0.15, 0.2) is 24.5 Å². The standard InChI is InChI=1S/C15H14F3N7/c16-15(17,18)12-8-22-14(24-10-2-1-9(5-19)21-7-10)25-13(12)23-11-3-4-20-6-11/h1-2,7-8,11,20H,3-4,6H2,(H2,22,23,24,25). The minimum absolute atomic E-state index is 0.00737. The molecule has 1 fully saturated rings. The summed E-state index contributed by atoms with van der Waals surface area (Å²) in [5, 5.41) is 17.4. The zero-order valence-corrected chi connectivity index (χ0v) is 12.9. The highest BCUT2D eigenvalue weighted by Crippen LogP contribution is 2.34. The predicted octanol–water partition coefficient (Wildman–Crippen LogP) is 2.28. The number of nitrogens with one attached hydrogen (secondary N) is 3. The molecule has 7 nitrogen and oxygen atoms in total. The fraction of sp³-hybridized carbons (Fsp3) is 0.333.